The lowest BCUT2D eigenvalue weighted by atomic mass is 10.1. The number of aromatic nitrogens is 3. The van der Waals surface area contributed by atoms with Crippen LogP contribution in [0.2, 0.25) is 0 Å². The zero-order valence-electron chi connectivity index (χ0n) is 7.72. The molecule has 0 aromatic carbocycles. The van der Waals surface area contributed by atoms with Crippen LogP contribution in [0.1, 0.15) is 17.6 Å². The Morgan fingerprint density at radius 1 is 1.29 bits per heavy atom. The Morgan fingerprint density at radius 2 is 2.21 bits per heavy atom. The Balaban J connectivity index is 2.07. The fourth-order valence-electron chi connectivity index (χ4n) is 1.32. The molecule has 2 aromatic heterocycles. The third-order valence-electron chi connectivity index (χ3n) is 2.04. The Morgan fingerprint density at radius 3 is 2.86 bits per heavy atom. The first kappa shape index (κ1) is 8.90. The quantitative estimate of drug-likeness (QED) is 0.756. The zero-order valence-corrected chi connectivity index (χ0v) is 7.72. The van der Waals surface area contributed by atoms with Gasteiger partial charge in [-0.05, 0) is 12.1 Å². The smallest absolute Gasteiger partial charge is 0.107 e. The topological polar surface area (TPSA) is 67.6 Å². The van der Waals surface area contributed by atoms with Gasteiger partial charge in [0.15, 0.2) is 0 Å². The first-order valence-corrected chi connectivity index (χ1v) is 4.51. The highest BCUT2D eigenvalue weighted by molar-refractivity contribution is 5.10. The van der Waals surface area contributed by atoms with Gasteiger partial charge in [0, 0.05) is 25.0 Å². The lowest BCUT2D eigenvalue weighted by Gasteiger charge is -2.08. The molecule has 0 aliphatic rings. The monoisotopic (exact) mass is 188 g/mol. The van der Waals surface area contributed by atoms with E-state index < -0.39 is 0 Å². The number of pyridine rings is 1. The number of hydrogen-bond donors (Lipinski definition) is 2. The average molecular weight is 188 g/mol. The van der Waals surface area contributed by atoms with Gasteiger partial charge in [-0.1, -0.05) is 6.07 Å². The number of nitrogens with zero attached hydrogens (tertiary/aromatic N) is 2. The van der Waals surface area contributed by atoms with E-state index in [1.54, 1.807) is 18.6 Å². The number of hydrogen-bond acceptors (Lipinski definition) is 3. The van der Waals surface area contributed by atoms with E-state index in [-0.39, 0.29) is 6.04 Å². The molecule has 0 amide bonds. The Bertz CT molecular complexity index is 368. The highest BCUT2D eigenvalue weighted by atomic mass is 14.9. The predicted molar refractivity (Wildman–Crippen MR) is 53.5 cm³/mol. The normalized spacial score (nSPS) is 12.6. The van der Waals surface area contributed by atoms with Gasteiger partial charge in [0.1, 0.15) is 5.82 Å². The first-order chi connectivity index (χ1) is 6.86. The highest BCUT2D eigenvalue weighted by Crippen LogP contribution is 2.10. The van der Waals surface area contributed by atoms with Gasteiger partial charge in [-0.3, -0.25) is 4.98 Å². The number of aromatic amines is 1. The summed E-state index contributed by atoms with van der Waals surface area (Å²) in [4.78, 5) is 11.3. The van der Waals surface area contributed by atoms with Crippen molar-refractivity contribution in [1.29, 1.82) is 0 Å². The Kier molecular flexibility index (Phi) is 2.55. The molecule has 72 valence electrons. The highest BCUT2D eigenvalue weighted by Gasteiger charge is 2.08. The minimum absolute atomic E-state index is 0.0950. The second-order valence-corrected chi connectivity index (χ2v) is 3.10. The summed E-state index contributed by atoms with van der Waals surface area (Å²) in [6, 6.07) is 5.64. The summed E-state index contributed by atoms with van der Waals surface area (Å²) in [7, 11) is 0. The van der Waals surface area contributed by atoms with E-state index in [9.17, 15) is 0 Å². The molecule has 2 aromatic rings. The van der Waals surface area contributed by atoms with Crippen LogP contribution in [0.4, 0.5) is 0 Å². The molecule has 4 nitrogen and oxygen atoms in total. The molecule has 0 saturated heterocycles. The maximum absolute atomic E-state index is 5.96. The molecule has 0 aliphatic carbocycles. The van der Waals surface area contributed by atoms with Crippen molar-refractivity contribution in [1.82, 2.24) is 15.0 Å². The van der Waals surface area contributed by atoms with Crippen molar-refractivity contribution in [2.75, 3.05) is 0 Å². The Hall–Kier alpha value is -1.68. The molecule has 2 rings (SSSR count). The van der Waals surface area contributed by atoms with Crippen LogP contribution in [0.15, 0.2) is 36.8 Å². The van der Waals surface area contributed by atoms with E-state index in [4.69, 9.17) is 5.73 Å². The number of imidazole rings is 1. The van der Waals surface area contributed by atoms with Crippen LogP contribution in [-0.2, 0) is 6.42 Å². The standard InChI is InChI=1S/C10H12N4/c11-8(7-10-13-5-6-14-10)9-3-1-2-4-12-9/h1-6,8H,7,11H2,(H,13,14). The van der Waals surface area contributed by atoms with Crippen LogP contribution in [0, 0.1) is 0 Å². The van der Waals surface area contributed by atoms with Crippen molar-refractivity contribution in [2.24, 2.45) is 5.73 Å². The summed E-state index contributed by atoms with van der Waals surface area (Å²) in [5.74, 6) is 0.892. The van der Waals surface area contributed by atoms with Gasteiger partial charge in [0.2, 0.25) is 0 Å². The molecule has 0 aliphatic heterocycles. The van der Waals surface area contributed by atoms with E-state index in [0.717, 1.165) is 11.5 Å². The molecule has 1 unspecified atom stereocenters. The summed E-state index contributed by atoms with van der Waals surface area (Å²) in [5, 5.41) is 0. The lowest BCUT2D eigenvalue weighted by molar-refractivity contribution is 0.673. The maximum Gasteiger partial charge on any atom is 0.107 e. The van der Waals surface area contributed by atoms with Gasteiger partial charge in [0.05, 0.1) is 11.7 Å². The van der Waals surface area contributed by atoms with E-state index in [2.05, 4.69) is 15.0 Å². The molecule has 0 bridgehead atoms. The van der Waals surface area contributed by atoms with Gasteiger partial charge >= 0.3 is 0 Å². The van der Waals surface area contributed by atoms with Crippen molar-refractivity contribution in [2.45, 2.75) is 12.5 Å². The van der Waals surface area contributed by atoms with E-state index in [1.165, 1.54) is 0 Å². The van der Waals surface area contributed by atoms with Crippen LogP contribution in [0.5, 0.6) is 0 Å². The summed E-state index contributed by atoms with van der Waals surface area (Å²) >= 11 is 0. The maximum atomic E-state index is 5.96. The molecular formula is C10H12N4. The molecule has 4 heteroatoms. The van der Waals surface area contributed by atoms with Crippen molar-refractivity contribution in [3.63, 3.8) is 0 Å². The average Bonchev–Trinajstić information content (AvgIpc) is 2.72. The van der Waals surface area contributed by atoms with Crippen LogP contribution in [0.3, 0.4) is 0 Å². The van der Waals surface area contributed by atoms with Gasteiger partial charge in [-0.2, -0.15) is 0 Å². The van der Waals surface area contributed by atoms with Crippen molar-refractivity contribution < 1.29 is 0 Å². The molecule has 0 spiro atoms. The lowest BCUT2D eigenvalue weighted by Crippen LogP contribution is -2.15. The van der Waals surface area contributed by atoms with Crippen molar-refractivity contribution in [3.05, 3.63) is 48.3 Å². The zero-order chi connectivity index (χ0) is 9.80. The van der Waals surface area contributed by atoms with Gasteiger partial charge < -0.3 is 10.7 Å². The fourth-order valence-corrected chi connectivity index (χ4v) is 1.32. The predicted octanol–water partition coefficient (Wildman–Crippen LogP) is 1.05. The number of nitrogens with one attached hydrogen (secondary N) is 1. The third-order valence-corrected chi connectivity index (χ3v) is 2.04. The Labute approximate surface area is 82.2 Å². The second-order valence-electron chi connectivity index (χ2n) is 3.10. The van der Waals surface area contributed by atoms with Crippen LogP contribution in [0.25, 0.3) is 0 Å². The molecule has 0 radical (unpaired) electrons. The number of rotatable bonds is 3. The van der Waals surface area contributed by atoms with E-state index >= 15 is 0 Å². The van der Waals surface area contributed by atoms with Crippen LogP contribution >= 0.6 is 0 Å². The SMILES string of the molecule is NC(Cc1ncc[nH]1)c1ccccn1. The van der Waals surface area contributed by atoms with Gasteiger partial charge in [-0.25, -0.2) is 4.98 Å². The molecule has 2 heterocycles. The minimum Gasteiger partial charge on any atom is -0.349 e. The fraction of sp³-hybridized carbons (Fsp3) is 0.200. The molecule has 1 atom stereocenters. The van der Waals surface area contributed by atoms with E-state index in [1.807, 2.05) is 18.2 Å². The molecular weight excluding hydrogens is 176 g/mol. The molecule has 14 heavy (non-hydrogen) atoms. The molecule has 3 N–H and O–H groups in total. The minimum atomic E-state index is -0.0950. The molecule has 0 fully saturated rings. The van der Waals surface area contributed by atoms with E-state index in [0.29, 0.717) is 6.42 Å². The number of nitrogens with two attached hydrogens (primary N) is 1. The molecule has 0 saturated carbocycles. The van der Waals surface area contributed by atoms with Gasteiger partial charge in [0.25, 0.3) is 0 Å². The third kappa shape index (κ3) is 1.97. The largest absolute Gasteiger partial charge is 0.349 e. The second kappa shape index (κ2) is 4.02. The summed E-state index contributed by atoms with van der Waals surface area (Å²) in [6.45, 7) is 0. The summed E-state index contributed by atoms with van der Waals surface area (Å²) in [6.07, 6.45) is 5.95. The van der Waals surface area contributed by atoms with Crippen LogP contribution < -0.4 is 5.73 Å². The number of H-pyrrole nitrogens is 1. The van der Waals surface area contributed by atoms with Crippen LogP contribution in [-0.4, -0.2) is 15.0 Å². The summed E-state index contributed by atoms with van der Waals surface area (Å²) in [5.41, 5.74) is 6.86. The first-order valence-electron chi connectivity index (χ1n) is 4.51. The van der Waals surface area contributed by atoms with Crippen molar-refractivity contribution in [3.8, 4) is 0 Å². The van der Waals surface area contributed by atoms with Gasteiger partial charge in [-0.15, -0.1) is 0 Å². The summed E-state index contributed by atoms with van der Waals surface area (Å²) < 4.78 is 0. The van der Waals surface area contributed by atoms with Crippen molar-refractivity contribution >= 4 is 0 Å².